The fourth-order valence-electron chi connectivity index (χ4n) is 1.84. The molecule has 2 heterocycles. The fraction of sp³-hybridized carbons (Fsp3) is 0.636. The minimum atomic E-state index is -4.12. The lowest BCUT2D eigenvalue weighted by Gasteiger charge is -2.13. The van der Waals surface area contributed by atoms with E-state index in [9.17, 15) is 13.2 Å². The average molecular weight is 249 g/mol. The zero-order valence-electron chi connectivity index (χ0n) is 9.03. The molecule has 1 atom stereocenters. The van der Waals surface area contributed by atoms with Crippen LogP contribution in [0.15, 0.2) is 6.07 Å². The molecule has 5 heteroatoms. The zero-order valence-corrected chi connectivity index (χ0v) is 9.84. The zero-order chi connectivity index (χ0) is 11.8. The maximum absolute atomic E-state index is 12.6. The molecule has 0 saturated heterocycles. The molecule has 0 aromatic carbocycles. The smallest absolute Gasteiger partial charge is 0.316 e. The van der Waals surface area contributed by atoms with E-state index in [1.54, 1.807) is 6.07 Å². The molecule has 90 valence electrons. The summed E-state index contributed by atoms with van der Waals surface area (Å²) in [5, 5.41) is 3.24. The highest BCUT2D eigenvalue weighted by Gasteiger charge is 2.38. The van der Waals surface area contributed by atoms with E-state index in [4.69, 9.17) is 0 Å². The van der Waals surface area contributed by atoms with Crippen LogP contribution < -0.4 is 5.32 Å². The molecule has 0 spiro atoms. The van der Waals surface area contributed by atoms with Gasteiger partial charge < -0.3 is 5.32 Å². The van der Waals surface area contributed by atoms with Gasteiger partial charge >= 0.3 is 6.18 Å². The first-order valence-corrected chi connectivity index (χ1v) is 6.19. The van der Waals surface area contributed by atoms with E-state index in [1.165, 1.54) is 18.3 Å². The molecule has 1 aliphatic heterocycles. The van der Waals surface area contributed by atoms with Crippen LogP contribution in [0.1, 0.15) is 28.2 Å². The minimum absolute atomic E-state index is 0.458. The van der Waals surface area contributed by atoms with Crippen LogP contribution in [-0.4, -0.2) is 19.3 Å². The SMILES string of the molecule is CC(c1cc2c(s1)CCNCC2)C(F)(F)F. The summed E-state index contributed by atoms with van der Waals surface area (Å²) in [6.07, 6.45) is -2.43. The van der Waals surface area contributed by atoms with Crippen LogP contribution in [0.3, 0.4) is 0 Å². The van der Waals surface area contributed by atoms with Gasteiger partial charge in [0.1, 0.15) is 0 Å². The molecule has 1 aromatic rings. The Balaban J connectivity index is 2.24. The third-order valence-corrected chi connectivity index (χ3v) is 4.35. The summed E-state index contributed by atoms with van der Waals surface area (Å²) in [5.41, 5.74) is 1.10. The van der Waals surface area contributed by atoms with Crippen LogP contribution in [0.25, 0.3) is 0 Å². The molecule has 0 aliphatic carbocycles. The van der Waals surface area contributed by atoms with Gasteiger partial charge in [-0.05, 0) is 44.5 Å². The summed E-state index contributed by atoms with van der Waals surface area (Å²) in [6, 6.07) is 1.74. The van der Waals surface area contributed by atoms with E-state index in [-0.39, 0.29) is 0 Å². The van der Waals surface area contributed by atoms with Crippen molar-refractivity contribution in [1.29, 1.82) is 0 Å². The summed E-state index contributed by atoms with van der Waals surface area (Å²) in [4.78, 5) is 1.58. The van der Waals surface area contributed by atoms with E-state index < -0.39 is 12.1 Å². The molecule has 0 radical (unpaired) electrons. The molecule has 2 rings (SSSR count). The molecular weight excluding hydrogens is 235 g/mol. The topological polar surface area (TPSA) is 12.0 Å². The van der Waals surface area contributed by atoms with Crippen LogP contribution in [0, 0.1) is 0 Å². The fourth-order valence-corrected chi connectivity index (χ4v) is 3.13. The number of hydrogen-bond acceptors (Lipinski definition) is 2. The normalized spacial score (nSPS) is 19.0. The highest BCUT2D eigenvalue weighted by atomic mass is 32.1. The Morgan fingerprint density at radius 2 is 2.00 bits per heavy atom. The Morgan fingerprint density at radius 1 is 1.31 bits per heavy atom. The Bertz CT molecular complexity index is 346. The second-order valence-corrected chi connectivity index (χ2v) is 5.28. The van der Waals surface area contributed by atoms with Gasteiger partial charge in [-0.25, -0.2) is 0 Å². The Kier molecular flexibility index (Phi) is 3.26. The van der Waals surface area contributed by atoms with Gasteiger partial charge in [-0.15, -0.1) is 11.3 Å². The quantitative estimate of drug-likeness (QED) is 0.806. The van der Waals surface area contributed by atoms with Crippen LogP contribution in [0.5, 0.6) is 0 Å². The van der Waals surface area contributed by atoms with E-state index in [2.05, 4.69) is 5.32 Å². The minimum Gasteiger partial charge on any atom is -0.316 e. The lowest BCUT2D eigenvalue weighted by Crippen LogP contribution is -2.17. The third-order valence-electron chi connectivity index (χ3n) is 2.93. The molecule has 1 aromatic heterocycles. The molecule has 1 N–H and O–H groups in total. The van der Waals surface area contributed by atoms with E-state index in [0.717, 1.165) is 36.4 Å². The van der Waals surface area contributed by atoms with E-state index >= 15 is 0 Å². The van der Waals surface area contributed by atoms with Gasteiger partial charge in [-0.3, -0.25) is 0 Å². The molecule has 1 nitrogen and oxygen atoms in total. The number of rotatable bonds is 1. The highest BCUT2D eigenvalue weighted by molar-refractivity contribution is 7.12. The molecule has 16 heavy (non-hydrogen) atoms. The first-order chi connectivity index (χ1) is 7.48. The number of alkyl halides is 3. The standard InChI is InChI=1S/C11H14F3NS/c1-7(11(12,13)14)10-6-8-2-4-15-5-3-9(8)16-10/h6-7,15H,2-5H2,1H3. The van der Waals surface area contributed by atoms with Gasteiger partial charge in [0.25, 0.3) is 0 Å². The van der Waals surface area contributed by atoms with Crippen LogP contribution >= 0.6 is 11.3 Å². The monoisotopic (exact) mass is 249 g/mol. The predicted molar refractivity (Wildman–Crippen MR) is 59.1 cm³/mol. The maximum atomic E-state index is 12.6. The number of hydrogen-bond donors (Lipinski definition) is 1. The molecule has 0 fully saturated rings. The van der Waals surface area contributed by atoms with E-state index in [0.29, 0.717) is 4.88 Å². The van der Waals surface area contributed by atoms with Crippen molar-refractivity contribution in [1.82, 2.24) is 5.32 Å². The second-order valence-electron chi connectivity index (χ2n) is 4.11. The average Bonchev–Trinajstić information content (AvgIpc) is 2.47. The van der Waals surface area contributed by atoms with Crippen molar-refractivity contribution in [2.24, 2.45) is 0 Å². The van der Waals surface area contributed by atoms with Crippen LogP contribution in [0.4, 0.5) is 13.2 Å². The van der Waals surface area contributed by atoms with Crippen LogP contribution in [-0.2, 0) is 12.8 Å². The Labute approximate surface area is 96.7 Å². The van der Waals surface area contributed by atoms with Crippen molar-refractivity contribution in [2.75, 3.05) is 13.1 Å². The van der Waals surface area contributed by atoms with Crippen molar-refractivity contribution in [3.63, 3.8) is 0 Å². The predicted octanol–water partition coefficient (Wildman–Crippen LogP) is 3.10. The van der Waals surface area contributed by atoms with Crippen LogP contribution in [0.2, 0.25) is 0 Å². The summed E-state index contributed by atoms with van der Waals surface area (Å²) >= 11 is 1.32. The molecule has 1 unspecified atom stereocenters. The van der Waals surface area contributed by atoms with Gasteiger partial charge in [0.05, 0.1) is 5.92 Å². The largest absolute Gasteiger partial charge is 0.396 e. The highest BCUT2D eigenvalue weighted by Crippen LogP contribution is 2.39. The van der Waals surface area contributed by atoms with Crippen molar-refractivity contribution in [3.8, 4) is 0 Å². The number of thiophene rings is 1. The van der Waals surface area contributed by atoms with Gasteiger partial charge in [0, 0.05) is 9.75 Å². The van der Waals surface area contributed by atoms with Crippen molar-refractivity contribution in [2.45, 2.75) is 31.9 Å². The first-order valence-electron chi connectivity index (χ1n) is 5.37. The number of nitrogens with one attached hydrogen (secondary N) is 1. The summed E-state index contributed by atoms with van der Waals surface area (Å²) in [6.45, 7) is 2.97. The molecular formula is C11H14F3NS. The van der Waals surface area contributed by atoms with Crippen molar-refractivity contribution < 1.29 is 13.2 Å². The van der Waals surface area contributed by atoms with Crippen molar-refractivity contribution >= 4 is 11.3 Å². The lowest BCUT2D eigenvalue weighted by molar-refractivity contribution is -0.145. The first kappa shape index (κ1) is 11.9. The second kappa shape index (κ2) is 4.37. The Morgan fingerprint density at radius 3 is 2.69 bits per heavy atom. The number of halogens is 3. The van der Waals surface area contributed by atoms with Gasteiger partial charge in [-0.2, -0.15) is 13.2 Å². The maximum Gasteiger partial charge on any atom is 0.396 e. The summed E-state index contributed by atoms with van der Waals surface area (Å²) < 4.78 is 37.7. The van der Waals surface area contributed by atoms with Gasteiger partial charge in [-0.1, -0.05) is 0 Å². The number of fused-ring (bicyclic) bond motifs is 1. The Hall–Kier alpha value is -0.550. The summed E-state index contributed by atoms with van der Waals surface area (Å²) in [5.74, 6) is -1.34. The van der Waals surface area contributed by atoms with E-state index in [1.807, 2.05) is 0 Å². The summed E-state index contributed by atoms with van der Waals surface area (Å²) in [7, 11) is 0. The van der Waals surface area contributed by atoms with Crippen molar-refractivity contribution in [3.05, 3.63) is 21.4 Å². The molecule has 0 saturated carbocycles. The van der Waals surface area contributed by atoms with Gasteiger partial charge in [0.2, 0.25) is 0 Å². The molecule has 0 amide bonds. The van der Waals surface area contributed by atoms with Gasteiger partial charge in [0.15, 0.2) is 0 Å². The molecule has 0 bridgehead atoms. The third kappa shape index (κ3) is 2.40. The lowest BCUT2D eigenvalue weighted by atomic mass is 10.1. The molecule has 1 aliphatic rings.